The molecule has 1 amide bonds. The normalized spacial score (nSPS) is 9.75. The number of halogens is 2. The van der Waals surface area contributed by atoms with Crippen LogP contribution >= 0.6 is 27.5 Å². The SMILES string of the molecule is Cc1ccc(Cl)cc1NC(=O)c1cc(Br)ccc1O.O. The van der Waals surface area contributed by atoms with Crippen LogP contribution in [0, 0.1) is 6.92 Å². The van der Waals surface area contributed by atoms with Crippen LogP contribution in [0.15, 0.2) is 40.9 Å². The minimum Gasteiger partial charge on any atom is -0.507 e. The molecule has 0 bridgehead atoms. The van der Waals surface area contributed by atoms with Gasteiger partial charge in [0.15, 0.2) is 0 Å². The Morgan fingerprint density at radius 1 is 1.25 bits per heavy atom. The second-order valence-corrected chi connectivity index (χ2v) is 5.43. The molecule has 4 nitrogen and oxygen atoms in total. The highest BCUT2D eigenvalue weighted by molar-refractivity contribution is 9.10. The molecule has 106 valence electrons. The van der Waals surface area contributed by atoms with Crippen molar-refractivity contribution in [3.05, 3.63) is 57.0 Å². The summed E-state index contributed by atoms with van der Waals surface area (Å²) >= 11 is 9.16. The molecular formula is C14H13BrClNO3. The van der Waals surface area contributed by atoms with E-state index in [0.717, 1.165) is 10.0 Å². The maximum Gasteiger partial charge on any atom is 0.259 e. The topological polar surface area (TPSA) is 80.8 Å². The molecule has 20 heavy (non-hydrogen) atoms. The van der Waals surface area contributed by atoms with Crippen LogP contribution in [-0.4, -0.2) is 16.5 Å². The first-order chi connectivity index (χ1) is 8.97. The number of hydrogen-bond donors (Lipinski definition) is 2. The Hall–Kier alpha value is -1.56. The first-order valence-electron chi connectivity index (χ1n) is 5.53. The molecular weight excluding hydrogens is 346 g/mol. The number of phenols is 1. The van der Waals surface area contributed by atoms with Crippen molar-refractivity contribution >= 4 is 39.1 Å². The molecule has 0 aliphatic carbocycles. The van der Waals surface area contributed by atoms with E-state index in [9.17, 15) is 9.90 Å². The van der Waals surface area contributed by atoms with Crippen LogP contribution in [-0.2, 0) is 0 Å². The van der Waals surface area contributed by atoms with Crippen molar-refractivity contribution in [1.29, 1.82) is 0 Å². The first-order valence-corrected chi connectivity index (χ1v) is 6.70. The van der Waals surface area contributed by atoms with Crippen molar-refractivity contribution < 1.29 is 15.4 Å². The van der Waals surface area contributed by atoms with E-state index in [4.69, 9.17) is 11.6 Å². The Morgan fingerprint density at radius 3 is 2.65 bits per heavy atom. The van der Waals surface area contributed by atoms with E-state index in [1.54, 1.807) is 24.3 Å². The van der Waals surface area contributed by atoms with Gasteiger partial charge in [-0.25, -0.2) is 0 Å². The number of aromatic hydroxyl groups is 1. The molecule has 0 atom stereocenters. The van der Waals surface area contributed by atoms with Gasteiger partial charge in [0.1, 0.15) is 5.75 Å². The van der Waals surface area contributed by atoms with Crippen LogP contribution in [0.3, 0.4) is 0 Å². The van der Waals surface area contributed by atoms with Crippen LogP contribution in [0.5, 0.6) is 5.75 Å². The second-order valence-electron chi connectivity index (χ2n) is 4.07. The molecule has 0 saturated carbocycles. The number of anilines is 1. The zero-order valence-corrected chi connectivity index (χ0v) is 12.9. The fourth-order valence-corrected chi connectivity index (χ4v) is 2.14. The highest BCUT2D eigenvalue weighted by atomic mass is 79.9. The van der Waals surface area contributed by atoms with Crippen molar-refractivity contribution in [1.82, 2.24) is 0 Å². The van der Waals surface area contributed by atoms with Crippen LogP contribution < -0.4 is 5.32 Å². The van der Waals surface area contributed by atoms with Gasteiger partial charge in [-0.1, -0.05) is 33.6 Å². The predicted octanol–water partition coefficient (Wildman–Crippen LogP) is 3.54. The van der Waals surface area contributed by atoms with Crippen molar-refractivity contribution in [2.24, 2.45) is 0 Å². The Morgan fingerprint density at radius 2 is 1.95 bits per heavy atom. The number of rotatable bonds is 2. The summed E-state index contributed by atoms with van der Waals surface area (Å²) in [6, 6.07) is 9.93. The molecule has 0 aliphatic rings. The lowest BCUT2D eigenvalue weighted by atomic mass is 10.1. The van der Waals surface area contributed by atoms with E-state index >= 15 is 0 Å². The molecule has 2 rings (SSSR count). The van der Waals surface area contributed by atoms with E-state index in [2.05, 4.69) is 21.2 Å². The monoisotopic (exact) mass is 357 g/mol. The highest BCUT2D eigenvalue weighted by Crippen LogP contribution is 2.25. The average Bonchev–Trinajstić information content (AvgIpc) is 2.36. The Kier molecular flexibility index (Phi) is 5.56. The van der Waals surface area contributed by atoms with Gasteiger partial charge in [-0.05, 0) is 42.8 Å². The summed E-state index contributed by atoms with van der Waals surface area (Å²) in [4.78, 5) is 12.1. The van der Waals surface area contributed by atoms with Gasteiger partial charge in [0.05, 0.1) is 5.56 Å². The second kappa shape index (κ2) is 6.74. The summed E-state index contributed by atoms with van der Waals surface area (Å²) in [5.41, 5.74) is 1.72. The summed E-state index contributed by atoms with van der Waals surface area (Å²) in [6.45, 7) is 1.87. The lowest BCUT2D eigenvalue weighted by molar-refractivity contribution is 0.102. The smallest absolute Gasteiger partial charge is 0.259 e. The Bertz CT molecular complexity index is 646. The van der Waals surface area contributed by atoms with Gasteiger partial charge in [-0.2, -0.15) is 0 Å². The van der Waals surface area contributed by atoms with Crippen LogP contribution in [0.25, 0.3) is 0 Å². The maximum absolute atomic E-state index is 12.1. The molecule has 0 saturated heterocycles. The summed E-state index contributed by atoms with van der Waals surface area (Å²) in [5, 5.41) is 13.0. The minimum absolute atomic E-state index is 0. The van der Waals surface area contributed by atoms with E-state index < -0.39 is 0 Å². The van der Waals surface area contributed by atoms with Crippen LogP contribution in [0.4, 0.5) is 5.69 Å². The first kappa shape index (κ1) is 16.5. The quantitative estimate of drug-likeness (QED) is 0.861. The van der Waals surface area contributed by atoms with Gasteiger partial charge >= 0.3 is 0 Å². The standard InChI is InChI=1S/C14H11BrClNO2.H2O/c1-8-2-4-10(16)7-12(8)17-14(19)11-6-9(15)3-5-13(11)18;/h2-7,18H,1H3,(H,17,19);1H2. The van der Waals surface area contributed by atoms with Crippen molar-refractivity contribution in [3.8, 4) is 5.75 Å². The summed E-state index contributed by atoms with van der Waals surface area (Å²) < 4.78 is 0.721. The molecule has 2 aromatic carbocycles. The Labute approximate surface area is 129 Å². The molecule has 0 aromatic heterocycles. The largest absolute Gasteiger partial charge is 0.507 e. The Balaban J connectivity index is 0.00000200. The lowest BCUT2D eigenvalue weighted by Gasteiger charge is -2.10. The zero-order chi connectivity index (χ0) is 14.0. The van der Waals surface area contributed by atoms with Gasteiger partial charge in [0.25, 0.3) is 5.91 Å². The molecule has 0 spiro atoms. The average molecular weight is 359 g/mol. The van der Waals surface area contributed by atoms with Gasteiger partial charge < -0.3 is 15.9 Å². The third-order valence-electron chi connectivity index (χ3n) is 2.65. The van der Waals surface area contributed by atoms with Crippen molar-refractivity contribution in [3.63, 3.8) is 0 Å². The van der Waals surface area contributed by atoms with Gasteiger partial charge in [-0.15, -0.1) is 0 Å². The highest BCUT2D eigenvalue weighted by Gasteiger charge is 2.13. The van der Waals surface area contributed by atoms with Crippen LogP contribution in [0.1, 0.15) is 15.9 Å². The number of amides is 1. The number of carbonyl (C=O) groups excluding carboxylic acids is 1. The number of benzene rings is 2. The summed E-state index contributed by atoms with van der Waals surface area (Å²) in [7, 11) is 0. The maximum atomic E-state index is 12.1. The summed E-state index contributed by atoms with van der Waals surface area (Å²) in [5.74, 6) is -0.454. The van der Waals surface area contributed by atoms with Gasteiger partial charge in [-0.3, -0.25) is 4.79 Å². The predicted molar refractivity (Wildman–Crippen MR) is 83.6 cm³/mol. The molecule has 6 heteroatoms. The molecule has 2 aromatic rings. The number of phenolic OH excluding ortho intramolecular Hbond substituents is 1. The third-order valence-corrected chi connectivity index (χ3v) is 3.38. The number of carbonyl (C=O) groups is 1. The lowest BCUT2D eigenvalue weighted by Crippen LogP contribution is -2.13. The molecule has 0 aliphatic heterocycles. The van der Waals surface area contributed by atoms with Crippen LogP contribution in [0.2, 0.25) is 5.02 Å². The van der Waals surface area contributed by atoms with Crippen molar-refractivity contribution in [2.75, 3.05) is 5.32 Å². The van der Waals surface area contributed by atoms with Gasteiger partial charge in [0.2, 0.25) is 0 Å². The number of hydrogen-bond acceptors (Lipinski definition) is 2. The molecule has 0 heterocycles. The number of nitrogens with one attached hydrogen (secondary N) is 1. The minimum atomic E-state index is -0.385. The zero-order valence-electron chi connectivity index (χ0n) is 10.6. The van der Waals surface area contributed by atoms with E-state index in [1.807, 2.05) is 13.0 Å². The van der Waals surface area contributed by atoms with Crippen molar-refractivity contribution in [2.45, 2.75) is 6.92 Å². The van der Waals surface area contributed by atoms with E-state index in [1.165, 1.54) is 6.07 Å². The van der Waals surface area contributed by atoms with E-state index in [0.29, 0.717) is 10.7 Å². The fraction of sp³-hybridized carbons (Fsp3) is 0.0714. The molecule has 0 radical (unpaired) electrons. The summed E-state index contributed by atoms with van der Waals surface area (Å²) in [6.07, 6.45) is 0. The van der Waals surface area contributed by atoms with Gasteiger partial charge in [0, 0.05) is 15.2 Å². The molecule has 0 fully saturated rings. The fourth-order valence-electron chi connectivity index (χ4n) is 1.61. The molecule has 0 unspecified atom stereocenters. The third kappa shape index (κ3) is 3.72. The number of aryl methyl sites for hydroxylation is 1. The molecule has 4 N–H and O–H groups in total. The van der Waals surface area contributed by atoms with E-state index in [-0.39, 0.29) is 22.7 Å².